The minimum atomic E-state index is -1.70. The maximum Gasteiger partial charge on any atom is 0.339 e. The van der Waals surface area contributed by atoms with Crippen molar-refractivity contribution in [1.82, 2.24) is 4.90 Å². The number of rotatable bonds is 3. The molecular weight excluding hydrogens is 242 g/mol. The number of carboxylic acids is 1. The smallest absolute Gasteiger partial charge is 0.339 e. The van der Waals surface area contributed by atoms with E-state index in [0.29, 0.717) is 29.6 Å². The maximum atomic E-state index is 11.3. The van der Waals surface area contributed by atoms with Gasteiger partial charge in [-0.05, 0) is 37.6 Å². The first-order valence-corrected chi connectivity index (χ1v) is 6.51. The number of fused-ring (bicyclic) bond motifs is 1. The van der Waals surface area contributed by atoms with Crippen LogP contribution in [0, 0.1) is 0 Å². The molecule has 0 bridgehead atoms. The molecule has 1 aliphatic heterocycles. The van der Waals surface area contributed by atoms with Crippen LogP contribution in [0.15, 0.2) is 28.9 Å². The third-order valence-corrected chi connectivity index (χ3v) is 3.46. The first-order valence-electron chi connectivity index (χ1n) is 7.51. The summed E-state index contributed by atoms with van der Waals surface area (Å²) in [5.74, 6) is -1.10. The zero-order valence-corrected chi connectivity index (χ0v) is 10.6. The summed E-state index contributed by atoms with van der Waals surface area (Å²) < 4.78 is 22.2. The minimum absolute atomic E-state index is 0.0153. The summed E-state index contributed by atoms with van der Waals surface area (Å²) in [6.45, 7) is -0.332. The molecule has 2 heterocycles. The van der Waals surface area contributed by atoms with E-state index in [2.05, 4.69) is 0 Å². The molecule has 0 radical (unpaired) electrons. The van der Waals surface area contributed by atoms with Crippen LogP contribution in [0.3, 0.4) is 0 Å². The average Bonchev–Trinajstić information content (AvgIpc) is 2.92. The standard InChI is InChI=1S/C15H17NO3/c17-15(18)12-10-19-13-6-4-5-11(14(12)13)9-16-7-2-1-3-8-16/h4-6,10H,1-3,7-9H2,(H,17,18)/i9D2. The maximum absolute atomic E-state index is 11.3. The Hall–Kier alpha value is -1.81. The van der Waals surface area contributed by atoms with Gasteiger partial charge in [-0.25, -0.2) is 4.79 Å². The molecular formula is C15H17NO3. The molecule has 0 saturated carbocycles. The van der Waals surface area contributed by atoms with Gasteiger partial charge in [0, 0.05) is 14.6 Å². The first-order chi connectivity index (χ1) is 10.0. The van der Waals surface area contributed by atoms with Gasteiger partial charge < -0.3 is 9.52 Å². The van der Waals surface area contributed by atoms with E-state index in [-0.39, 0.29) is 5.56 Å². The number of hydrogen-bond donors (Lipinski definition) is 1. The van der Waals surface area contributed by atoms with Crippen LogP contribution in [0.4, 0.5) is 0 Å². The summed E-state index contributed by atoms with van der Waals surface area (Å²) >= 11 is 0. The van der Waals surface area contributed by atoms with Gasteiger partial charge in [0.25, 0.3) is 0 Å². The molecule has 1 N–H and O–H groups in total. The number of benzene rings is 1. The van der Waals surface area contributed by atoms with Crippen molar-refractivity contribution >= 4 is 16.9 Å². The fourth-order valence-electron chi connectivity index (χ4n) is 2.52. The van der Waals surface area contributed by atoms with Crippen LogP contribution in [0.2, 0.25) is 0 Å². The molecule has 0 unspecified atom stereocenters. The highest BCUT2D eigenvalue weighted by atomic mass is 16.4. The molecule has 3 rings (SSSR count). The molecule has 0 aliphatic carbocycles. The van der Waals surface area contributed by atoms with Crippen molar-refractivity contribution < 1.29 is 17.1 Å². The molecule has 0 spiro atoms. The number of carbonyl (C=O) groups is 1. The lowest BCUT2D eigenvalue weighted by Gasteiger charge is -2.26. The second-order valence-corrected chi connectivity index (χ2v) is 4.79. The Morgan fingerprint density at radius 1 is 1.37 bits per heavy atom. The molecule has 4 heteroatoms. The van der Waals surface area contributed by atoms with E-state index in [9.17, 15) is 9.90 Å². The number of piperidine rings is 1. The van der Waals surface area contributed by atoms with Crippen molar-refractivity contribution in [3.8, 4) is 0 Å². The van der Waals surface area contributed by atoms with Crippen molar-refractivity contribution in [3.63, 3.8) is 0 Å². The Morgan fingerprint density at radius 2 is 2.16 bits per heavy atom. The number of carboxylic acid groups (broad SMARTS) is 1. The Balaban J connectivity index is 2.14. The van der Waals surface area contributed by atoms with E-state index >= 15 is 0 Å². The molecule has 1 saturated heterocycles. The van der Waals surface area contributed by atoms with Crippen molar-refractivity contribution in [2.45, 2.75) is 25.8 Å². The van der Waals surface area contributed by atoms with E-state index in [4.69, 9.17) is 7.16 Å². The molecule has 1 aromatic carbocycles. The van der Waals surface area contributed by atoms with E-state index in [0.717, 1.165) is 19.3 Å². The summed E-state index contributed by atoms with van der Waals surface area (Å²) in [7, 11) is 0. The summed E-state index contributed by atoms with van der Waals surface area (Å²) in [4.78, 5) is 13.1. The number of furan rings is 1. The summed E-state index contributed by atoms with van der Waals surface area (Å²) in [5.41, 5.74) is 0.792. The fraction of sp³-hybridized carbons (Fsp3) is 0.400. The largest absolute Gasteiger partial charge is 0.478 e. The van der Waals surface area contributed by atoms with Gasteiger partial charge in [0.15, 0.2) is 0 Å². The predicted octanol–water partition coefficient (Wildman–Crippen LogP) is 3.12. The fourth-order valence-corrected chi connectivity index (χ4v) is 2.52. The Morgan fingerprint density at radius 3 is 2.89 bits per heavy atom. The predicted molar refractivity (Wildman–Crippen MR) is 72.3 cm³/mol. The van der Waals surface area contributed by atoms with Crippen molar-refractivity contribution in [1.29, 1.82) is 0 Å². The summed E-state index contributed by atoms with van der Waals surface area (Å²) in [5, 5.41) is 9.64. The third-order valence-electron chi connectivity index (χ3n) is 3.46. The van der Waals surface area contributed by atoms with Crippen LogP contribution in [0.1, 0.15) is 37.9 Å². The van der Waals surface area contributed by atoms with Crippen molar-refractivity contribution in [3.05, 3.63) is 35.6 Å². The molecule has 1 fully saturated rings. The van der Waals surface area contributed by atoms with Gasteiger partial charge in [0.2, 0.25) is 0 Å². The zero-order valence-electron chi connectivity index (χ0n) is 12.6. The Bertz CT molecular complexity index is 675. The van der Waals surface area contributed by atoms with Gasteiger partial charge in [0.05, 0.1) is 0 Å². The van der Waals surface area contributed by atoms with Gasteiger partial charge in [-0.1, -0.05) is 18.6 Å². The SMILES string of the molecule is [2H]C([2H])(c1cccc2occ(C(=O)O)c12)N1CCCCC1. The number of aromatic carboxylic acids is 1. The van der Waals surface area contributed by atoms with Crippen LogP contribution in [-0.4, -0.2) is 29.1 Å². The second-order valence-electron chi connectivity index (χ2n) is 4.79. The van der Waals surface area contributed by atoms with Gasteiger partial charge in [-0.3, -0.25) is 4.90 Å². The molecule has 2 aromatic rings. The topological polar surface area (TPSA) is 53.7 Å². The zero-order chi connectivity index (χ0) is 15.0. The van der Waals surface area contributed by atoms with E-state index in [1.807, 2.05) is 0 Å². The molecule has 1 aromatic heterocycles. The average molecular weight is 261 g/mol. The molecule has 1 aliphatic rings. The van der Waals surface area contributed by atoms with Crippen LogP contribution in [0.25, 0.3) is 11.0 Å². The number of likely N-dealkylation sites (tertiary alicyclic amines) is 1. The number of nitrogens with zero attached hydrogens (tertiary/aromatic N) is 1. The number of hydrogen-bond acceptors (Lipinski definition) is 3. The van der Waals surface area contributed by atoms with Gasteiger partial charge in [0.1, 0.15) is 17.4 Å². The Kier molecular flexibility index (Phi) is 2.67. The Labute approximate surface area is 114 Å². The molecule has 100 valence electrons. The lowest BCUT2D eigenvalue weighted by Crippen LogP contribution is -2.29. The quantitative estimate of drug-likeness (QED) is 0.922. The van der Waals surface area contributed by atoms with Crippen molar-refractivity contribution in [2.24, 2.45) is 0 Å². The second kappa shape index (κ2) is 5.05. The molecule has 19 heavy (non-hydrogen) atoms. The minimum Gasteiger partial charge on any atom is -0.478 e. The van der Waals surface area contributed by atoms with Gasteiger partial charge in [-0.2, -0.15) is 0 Å². The highest BCUT2D eigenvalue weighted by molar-refractivity contribution is 6.03. The lowest BCUT2D eigenvalue weighted by atomic mass is 10.0. The van der Waals surface area contributed by atoms with Crippen LogP contribution in [-0.2, 0) is 6.50 Å². The molecule has 4 nitrogen and oxygen atoms in total. The summed E-state index contributed by atoms with van der Waals surface area (Å²) in [6, 6.07) is 5.02. The normalized spacial score (nSPS) is 19.2. The highest BCUT2D eigenvalue weighted by Gasteiger charge is 2.18. The molecule has 0 amide bonds. The highest BCUT2D eigenvalue weighted by Crippen LogP contribution is 2.26. The molecule has 0 atom stereocenters. The van der Waals surface area contributed by atoms with Gasteiger partial charge >= 0.3 is 5.97 Å². The van der Waals surface area contributed by atoms with E-state index < -0.39 is 12.5 Å². The monoisotopic (exact) mass is 261 g/mol. The van der Waals surface area contributed by atoms with Crippen LogP contribution < -0.4 is 0 Å². The van der Waals surface area contributed by atoms with Crippen LogP contribution >= 0.6 is 0 Å². The van der Waals surface area contributed by atoms with Crippen molar-refractivity contribution in [2.75, 3.05) is 13.1 Å². The van der Waals surface area contributed by atoms with Gasteiger partial charge in [-0.15, -0.1) is 0 Å². The lowest BCUT2D eigenvalue weighted by molar-refractivity contribution is 0.0698. The first kappa shape index (κ1) is 10.0. The third kappa shape index (κ3) is 2.36. The van der Waals surface area contributed by atoms with E-state index in [1.165, 1.54) is 6.26 Å². The summed E-state index contributed by atoms with van der Waals surface area (Å²) in [6.07, 6.45) is 4.23. The van der Waals surface area contributed by atoms with Crippen LogP contribution in [0.5, 0.6) is 0 Å². The van der Waals surface area contributed by atoms with E-state index in [1.54, 1.807) is 23.1 Å².